The van der Waals surface area contributed by atoms with E-state index in [4.69, 9.17) is 5.73 Å². The Kier molecular flexibility index (Phi) is 5.62. The summed E-state index contributed by atoms with van der Waals surface area (Å²) in [5, 5.41) is 0. The lowest BCUT2D eigenvalue weighted by molar-refractivity contribution is 0.116. The van der Waals surface area contributed by atoms with Crippen molar-refractivity contribution in [2.75, 3.05) is 19.6 Å². The molecule has 1 saturated heterocycles. The Morgan fingerprint density at radius 3 is 2.60 bits per heavy atom. The standard InChI is InChI=1S/C13H28N2/c1-4-8-15-9-6-5-7-12(10-14)13(15)11(2)3/h11-13H,4-10,14H2,1-3H3/t12-,13-/m1/s1. The molecule has 1 heterocycles. The average Bonchev–Trinajstić information content (AvgIpc) is 2.40. The van der Waals surface area contributed by atoms with Gasteiger partial charge in [-0.1, -0.05) is 27.2 Å². The summed E-state index contributed by atoms with van der Waals surface area (Å²) in [6, 6.07) is 0.720. The molecule has 0 bridgehead atoms. The predicted molar refractivity (Wildman–Crippen MR) is 66.9 cm³/mol. The summed E-state index contributed by atoms with van der Waals surface area (Å²) in [5.74, 6) is 1.46. The third-order valence-electron chi connectivity index (χ3n) is 3.67. The van der Waals surface area contributed by atoms with Crippen molar-refractivity contribution in [3.05, 3.63) is 0 Å². The summed E-state index contributed by atoms with van der Waals surface area (Å²) < 4.78 is 0. The largest absolute Gasteiger partial charge is 0.330 e. The lowest BCUT2D eigenvalue weighted by Crippen LogP contribution is -2.45. The molecule has 0 unspecified atom stereocenters. The zero-order valence-electron chi connectivity index (χ0n) is 10.7. The van der Waals surface area contributed by atoms with Gasteiger partial charge in [0.15, 0.2) is 0 Å². The highest BCUT2D eigenvalue weighted by Crippen LogP contribution is 2.27. The fraction of sp³-hybridized carbons (Fsp3) is 1.00. The highest BCUT2D eigenvalue weighted by atomic mass is 15.2. The SMILES string of the molecule is CCCN1CCCC[C@H](CN)[C@H]1C(C)C. The van der Waals surface area contributed by atoms with Crippen LogP contribution in [-0.4, -0.2) is 30.6 Å². The van der Waals surface area contributed by atoms with Crippen LogP contribution < -0.4 is 5.73 Å². The monoisotopic (exact) mass is 212 g/mol. The van der Waals surface area contributed by atoms with Gasteiger partial charge in [0.1, 0.15) is 0 Å². The number of hydrogen-bond donors (Lipinski definition) is 1. The van der Waals surface area contributed by atoms with Crippen LogP contribution in [0.5, 0.6) is 0 Å². The van der Waals surface area contributed by atoms with Crippen LogP contribution in [0, 0.1) is 11.8 Å². The van der Waals surface area contributed by atoms with Gasteiger partial charge in [-0.3, -0.25) is 4.90 Å². The first kappa shape index (κ1) is 13.0. The Hall–Kier alpha value is -0.0800. The predicted octanol–water partition coefficient (Wildman–Crippen LogP) is 2.48. The quantitative estimate of drug-likeness (QED) is 0.776. The van der Waals surface area contributed by atoms with Crippen LogP contribution in [-0.2, 0) is 0 Å². The smallest absolute Gasteiger partial charge is 0.0158 e. The Labute approximate surface area is 95.2 Å². The summed E-state index contributed by atoms with van der Waals surface area (Å²) in [4.78, 5) is 2.69. The maximum absolute atomic E-state index is 5.93. The zero-order valence-corrected chi connectivity index (χ0v) is 10.7. The van der Waals surface area contributed by atoms with Crippen molar-refractivity contribution < 1.29 is 0 Å². The Bertz CT molecular complexity index is 168. The third-order valence-corrected chi connectivity index (χ3v) is 3.67. The van der Waals surface area contributed by atoms with Crippen molar-refractivity contribution in [1.82, 2.24) is 4.90 Å². The third kappa shape index (κ3) is 3.46. The van der Waals surface area contributed by atoms with Crippen LogP contribution in [0.2, 0.25) is 0 Å². The summed E-state index contributed by atoms with van der Waals surface area (Å²) in [5.41, 5.74) is 5.93. The van der Waals surface area contributed by atoms with Gasteiger partial charge in [0.2, 0.25) is 0 Å². The van der Waals surface area contributed by atoms with Gasteiger partial charge in [-0.2, -0.15) is 0 Å². The van der Waals surface area contributed by atoms with Crippen molar-refractivity contribution in [2.45, 2.75) is 52.5 Å². The normalized spacial score (nSPS) is 29.4. The molecule has 0 aromatic rings. The van der Waals surface area contributed by atoms with E-state index in [1.807, 2.05) is 0 Å². The second kappa shape index (κ2) is 6.49. The lowest BCUT2D eigenvalue weighted by Gasteiger charge is -2.37. The van der Waals surface area contributed by atoms with Gasteiger partial charge in [-0.25, -0.2) is 0 Å². The molecule has 15 heavy (non-hydrogen) atoms. The number of likely N-dealkylation sites (tertiary alicyclic amines) is 1. The van der Waals surface area contributed by atoms with Crippen LogP contribution in [0.15, 0.2) is 0 Å². The van der Waals surface area contributed by atoms with E-state index >= 15 is 0 Å². The molecule has 0 saturated carbocycles. The van der Waals surface area contributed by atoms with Gasteiger partial charge >= 0.3 is 0 Å². The van der Waals surface area contributed by atoms with E-state index in [0.29, 0.717) is 0 Å². The maximum Gasteiger partial charge on any atom is 0.0158 e. The zero-order chi connectivity index (χ0) is 11.3. The van der Waals surface area contributed by atoms with Crippen molar-refractivity contribution in [2.24, 2.45) is 17.6 Å². The number of nitrogens with two attached hydrogens (primary N) is 1. The molecular formula is C13H28N2. The Balaban J connectivity index is 2.71. The van der Waals surface area contributed by atoms with Crippen molar-refractivity contribution in [1.29, 1.82) is 0 Å². The number of nitrogens with zero attached hydrogens (tertiary/aromatic N) is 1. The molecule has 0 aromatic heterocycles. The lowest BCUT2D eigenvalue weighted by atomic mass is 9.87. The molecule has 0 aromatic carbocycles. The molecule has 2 N–H and O–H groups in total. The summed E-state index contributed by atoms with van der Waals surface area (Å²) >= 11 is 0. The maximum atomic E-state index is 5.93. The molecule has 0 amide bonds. The highest BCUT2D eigenvalue weighted by Gasteiger charge is 2.30. The van der Waals surface area contributed by atoms with E-state index in [-0.39, 0.29) is 0 Å². The Morgan fingerprint density at radius 1 is 1.33 bits per heavy atom. The highest BCUT2D eigenvalue weighted by molar-refractivity contribution is 4.85. The second-order valence-electron chi connectivity index (χ2n) is 5.26. The van der Waals surface area contributed by atoms with Gasteiger partial charge in [-0.15, -0.1) is 0 Å². The molecule has 0 spiro atoms. The van der Waals surface area contributed by atoms with E-state index in [2.05, 4.69) is 25.7 Å². The topological polar surface area (TPSA) is 29.3 Å². The van der Waals surface area contributed by atoms with Gasteiger partial charge in [0.05, 0.1) is 0 Å². The van der Waals surface area contributed by atoms with Gasteiger partial charge in [0.25, 0.3) is 0 Å². The first-order chi connectivity index (χ1) is 7.20. The Morgan fingerprint density at radius 2 is 2.07 bits per heavy atom. The number of hydrogen-bond acceptors (Lipinski definition) is 2. The van der Waals surface area contributed by atoms with E-state index in [0.717, 1.165) is 24.4 Å². The van der Waals surface area contributed by atoms with Crippen LogP contribution in [0.4, 0.5) is 0 Å². The fourth-order valence-corrected chi connectivity index (χ4v) is 3.11. The van der Waals surface area contributed by atoms with E-state index in [9.17, 15) is 0 Å². The molecule has 90 valence electrons. The first-order valence-electron chi connectivity index (χ1n) is 6.64. The van der Waals surface area contributed by atoms with E-state index in [1.54, 1.807) is 0 Å². The molecule has 2 heteroatoms. The summed E-state index contributed by atoms with van der Waals surface area (Å²) in [6.07, 6.45) is 5.32. The fourth-order valence-electron chi connectivity index (χ4n) is 3.11. The van der Waals surface area contributed by atoms with Crippen LogP contribution in [0.3, 0.4) is 0 Å². The van der Waals surface area contributed by atoms with E-state index in [1.165, 1.54) is 38.8 Å². The van der Waals surface area contributed by atoms with Crippen LogP contribution in [0.1, 0.15) is 46.5 Å². The molecular weight excluding hydrogens is 184 g/mol. The van der Waals surface area contributed by atoms with Crippen molar-refractivity contribution in [3.8, 4) is 0 Å². The van der Waals surface area contributed by atoms with E-state index < -0.39 is 0 Å². The minimum atomic E-state index is 0.720. The van der Waals surface area contributed by atoms with Crippen LogP contribution in [0.25, 0.3) is 0 Å². The molecule has 1 aliphatic rings. The molecule has 0 aliphatic carbocycles. The second-order valence-corrected chi connectivity index (χ2v) is 5.26. The molecule has 1 rings (SSSR count). The van der Waals surface area contributed by atoms with Crippen LogP contribution >= 0.6 is 0 Å². The minimum absolute atomic E-state index is 0.720. The molecule has 1 aliphatic heterocycles. The molecule has 2 nitrogen and oxygen atoms in total. The average molecular weight is 212 g/mol. The first-order valence-corrected chi connectivity index (χ1v) is 6.64. The van der Waals surface area contributed by atoms with Gasteiger partial charge < -0.3 is 5.73 Å². The number of rotatable bonds is 4. The molecule has 0 radical (unpaired) electrons. The van der Waals surface area contributed by atoms with Crippen molar-refractivity contribution >= 4 is 0 Å². The summed E-state index contributed by atoms with van der Waals surface area (Å²) in [6.45, 7) is 10.4. The minimum Gasteiger partial charge on any atom is -0.330 e. The van der Waals surface area contributed by atoms with Gasteiger partial charge in [0, 0.05) is 6.04 Å². The van der Waals surface area contributed by atoms with Crippen molar-refractivity contribution in [3.63, 3.8) is 0 Å². The molecule has 1 fully saturated rings. The van der Waals surface area contributed by atoms with Gasteiger partial charge in [-0.05, 0) is 50.7 Å². The summed E-state index contributed by atoms with van der Waals surface area (Å²) in [7, 11) is 0. The molecule has 2 atom stereocenters.